The van der Waals surface area contributed by atoms with Crippen molar-refractivity contribution in [1.29, 1.82) is 0 Å². The molecule has 1 aliphatic carbocycles. The van der Waals surface area contributed by atoms with Crippen LogP contribution in [0.25, 0.3) is 0 Å². The van der Waals surface area contributed by atoms with Gasteiger partial charge in [-0.15, -0.1) is 0 Å². The van der Waals surface area contributed by atoms with Crippen molar-refractivity contribution in [2.45, 2.75) is 51.1 Å². The van der Waals surface area contributed by atoms with Gasteiger partial charge in [0.05, 0.1) is 5.54 Å². The van der Waals surface area contributed by atoms with Gasteiger partial charge in [0.1, 0.15) is 0 Å². The molecule has 1 aromatic rings. The second-order valence-electron chi connectivity index (χ2n) is 4.53. The van der Waals surface area contributed by atoms with Crippen molar-refractivity contribution < 1.29 is 9.32 Å². The topological polar surface area (TPSA) is 94.0 Å². The first-order chi connectivity index (χ1) is 8.09. The van der Waals surface area contributed by atoms with E-state index in [4.69, 9.17) is 10.3 Å². The average Bonchev–Trinajstić information content (AvgIpc) is 3.00. The largest absolute Gasteiger partial charge is 0.346 e. The molecule has 6 heteroatoms. The highest BCUT2D eigenvalue weighted by molar-refractivity contribution is 5.90. The van der Waals surface area contributed by atoms with E-state index >= 15 is 0 Å². The Bertz CT molecular complexity index is 407. The molecule has 0 aromatic carbocycles. The SMILES string of the molecule is CCC(N)(CC)c1nc(C(=O)NC2CC2)no1. The van der Waals surface area contributed by atoms with Crippen molar-refractivity contribution in [2.75, 3.05) is 0 Å². The predicted octanol–water partition coefficient (Wildman–Crippen LogP) is 0.936. The summed E-state index contributed by atoms with van der Waals surface area (Å²) in [6, 6.07) is 0.282. The van der Waals surface area contributed by atoms with Crippen molar-refractivity contribution in [3.8, 4) is 0 Å². The highest BCUT2D eigenvalue weighted by Crippen LogP contribution is 2.24. The number of carbonyl (C=O) groups is 1. The van der Waals surface area contributed by atoms with E-state index in [0.29, 0.717) is 18.7 Å². The molecule has 1 heterocycles. The zero-order valence-electron chi connectivity index (χ0n) is 10.2. The second-order valence-corrected chi connectivity index (χ2v) is 4.53. The Morgan fingerprint density at radius 3 is 2.71 bits per heavy atom. The number of aromatic nitrogens is 2. The summed E-state index contributed by atoms with van der Waals surface area (Å²) in [4.78, 5) is 15.8. The number of carbonyl (C=O) groups excluding carboxylic acids is 1. The maximum Gasteiger partial charge on any atom is 0.292 e. The number of rotatable bonds is 5. The van der Waals surface area contributed by atoms with Gasteiger partial charge < -0.3 is 15.6 Å². The number of hydrogen-bond donors (Lipinski definition) is 2. The molecule has 17 heavy (non-hydrogen) atoms. The molecule has 0 aliphatic heterocycles. The number of amides is 1. The van der Waals surface area contributed by atoms with E-state index in [1.807, 2.05) is 13.8 Å². The van der Waals surface area contributed by atoms with Crippen LogP contribution in [0, 0.1) is 0 Å². The number of hydrogen-bond acceptors (Lipinski definition) is 5. The molecular weight excluding hydrogens is 220 g/mol. The molecule has 3 N–H and O–H groups in total. The van der Waals surface area contributed by atoms with Gasteiger partial charge in [-0.2, -0.15) is 4.98 Å². The highest BCUT2D eigenvalue weighted by Gasteiger charge is 2.32. The molecule has 1 amide bonds. The van der Waals surface area contributed by atoms with Gasteiger partial charge in [-0.1, -0.05) is 19.0 Å². The Balaban J connectivity index is 2.11. The van der Waals surface area contributed by atoms with Crippen molar-refractivity contribution in [3.05, 3.63) is 11.7 Å². The van der Waals surface area contributed by atoms with Gasteiger partial charge >= 0.3 is 0 Å². The molecule has 1 aliphatic rings. The van der Waals surface area contributed by atoms with E-state index in [1.165, 1.54) is 0 Å². The Morgan fingerprint density at radius 1 is 1.53 bits per heavy atom. The first-order valence-electron chi connectivity index (χ1n) is 6.03. The summed E-state index contributed by atoms with van der Waals surface area (Å²) in [7, 11) is 0. The van der Waals surface area contributed by atoms with E-state index in [9.17, 15) is 4.79 Å². The maximum atomic E-state index is 11.7. The lowest BCUT2D eigenvalue weighted by atomic mass is 9.94. The minimum Gasteiger partial charge on any atom is -0.346 e. The van der Waals surface area contributed by atoms with E-state index in [-0.39, 0.29) is 17.8 Å². The first-order valence-corrected chi connectivity index (χ1v) is 6.03. The van der Waals surface area contributed by atoms with Gasteiger partial charge in [0, 0.05) is 6.04 Å². The van der Waals surface area contributed by atoms with Crippen LogP contribution in [0.15, 0.2) is 4.52 Å². The van der Waals surface area contributed by atoms with Crippen LogP contribution in [0.3, 0.4) is 0 Å². The average molecular weight is 238 g/mol. The van der Waals surface area contributed by atoms with Crippen molar-refractivity contribution in [3.63, 3.8) is 0 Å². The van der Waals surface area contributed by atoms with Gasteiger partial charge in [-0.05, 0) is 25.7 Å². The van der Waals surface area contributed by atoms with Gasteiger partial charge in [0.15, 0.2) is 0 Å². The molecule has 0 atom stereocenters. The molecule has 0 radical (unpaired) electrons. The molecule has 2 rings (SSSR count). The van der Waals surface area contributed by atoms with E-state index < -0.39 is 5.54 Å². The highest BCUT2D eigenvalue weighted by atomic mass is 16.5. The zero-order chi connectivity index (χ0) is 12.5. The third-order valence-corrected chi connectivity index (χ3v) is 3.23. The van der Waals surface area contributed by atoms with Gasteiger partial charge in [0.25, 0.3) is 11.7 Å². The van der Waals surface area contributed by atoms with Crippen LogP contribution in [-0.2, 0) is 5.54 Å². The Kier molecular flexibility index (Phi) is 3.15. The molecule has 0 spiro atoms. The van der Waals surface area contributed by atoms with E-state index in [1.54, 1.807) is 0 Å². The third kappa shape index (κ3) is 2.46. The third-order valence-electron chi connectivity index (χ3n) is 3.23. The molecule has 0 saturated heterocycles. The van der Waals surface area contributed by atoms with Crippen LogP contribution in [-0.4, -0.2) is 22.1 Å². The van der Waals surface area contributed by atoms with Crippen LogP contribution in [0.5, 0.6) is 0 Å². The minimum absolute atomic E-state index is 0.0728. The summed E-state index contributed by atoms with van der Waals surface area (Å²) in [5.41, 5.74) is 5.48. The summed E-state index contributed by atoms with van der Waals surface area (Å²) in [5.74, 6) is 0.129. The molecule has 0 bridgehead atoms. The van der Waals surface area contributed by atoms with Crippen molar-refractivity contribution in [2.24, 2.45) is 5.73 Å². The van der Waals surface area contributed by atoms with Gasteiger partial charge in [-0.3, -0.25) is 4.79 Å². The quantitative estimate of drug-likeness (QED) is 0.796. The number of nitrogens with zero attached hydrogens (tertiary/aromatic N) is 2. The molecule has 0 unspecified atom stereocenters. The summed E-state index contributed by atoms with van der Waals surface area (Å²) < 4.78 is 5.09. The first kappa shape index (κ1) is 12.0. The predicted molar refractivity (Wildman–Crippen MR) is 61.2 cm³/mol. The summed E-state index contributed by atoms with van der Waals surface area (Å²) >= 11 is 0. The molecule has 6 nitrogen and oxygen atoms in total. The molecule has 94 valence electrons. The second kappa shape index (κ2) is 4.44. The van der Waals surface area contributed by atoms with Crippen LogP contribution in [0.4, 0.5) is 0 Å². The summed E-state index contributed by atoms with van der Waals surface area (Å²) in [6.45, 7) is 3.91. The standard InChI is InChI=1S/C11H18N4O2/c1-3-11(12,4-2)10-14-8(15-17-10)9(16)13-7-5-6-7/h7H,3-6,12H2,1-2H3,(H,13,16). The Hall–Kier alpha value is -1.43. The minimum atomic E-state index is -0.634. The van der Waals surface area contributed by atoms with Crippen LogP contribution < -0.4 is 11.1 Å². The smallest absolute Gasteiger partial charge is 0.292 e. The van der Waals surface area contributed by atoms with Crippen LogP contribution in [0.1, 0.15) is 56.0 Å². The fourth-order valence-electron chi connectivity index (χ4n) is 1.55. The van der Waals surface area contributed by atoms with Crippen LogP contribution >= 0.6 is 0 Å². The Morgan fingerprint density at radius 2 is 2.18 bits per heavy atom. The van der Waals surface area contributed by atoms with Crippen LogP contribution in [0.2, 0.25) is 0 Å². The lowest BCUT2D eigenvalue weighted by molar-refractivity contribution is 0.0937. The fraction of sp³-hybridized carbons (Fsp3) is 0.727. The Labute approximate surface area is 99.9 Å². The fourth-order valence-corrected chi connectivity index (χ4v) is 1.55. The molecule has 1 fully saturated rings. The summed E-state index contributed by atoms with van der Waals surface area (Å²) in [6.07, 6.45) is 3.44. The molecule has 1 aromatic heterocycles. The van der Waals surface area contributed by atoms with E-state index in [0.717, 1.165) is 12.8 Å². The lowest BCUT2D eigenvalue weighted by Crippen LogP contribution is -2.35. The lowest BCUT2D eigenvalue weighted by Gasteiger charge is -2.20. The van der Waals surface area contributed by atoms with Gasteiger partial charge in [-0.25, -0.2) is 0 Å². The maximum absolute atomic E-state index is 11.7. The van der Waals surface area contributed by atoms with E-state index in [2.05, 4.69) is 15.5 Å². The van der Waals surface area contributed by atoms with Crippen molar-refractivity contribution >= 4 is 5.91 Å². The van der Waals surface area contributed by atoms with Gasteiger partial charge in [0.2, 0.25) is 5.89 Å². The zero-order valence-corrected chi connectivity index (χ0v) is 10.2. The molecule has 1 saturated carbocycles. The monoisotopic (exact) mass is 238 g/mol. The number of nitrogens with one attached hydrogen (secondary N) is 1. The normalized spacial score (nSPS) is 15.9. The number of nitrogens with two attached hydrogens (primary N) is 1. The molecular formula is C11H18N4O2. The summed E-state index contributed by atoms with van der Waals surface area (Å²) in [5, 5.41) is 6.49. The van der Waals surface area contributed by atoms with Crippen molar-refractivity contribution in [1.82, 2.24) is 15.5 Å².